The molecule has 1 atom stereocenters. The molecule has 0 spiro atoms. The van der Waals surface area contributed by atoms with Crippen LogP contribution in [0.15, 0.2) is 17.5 Å². The summed E-state index contributed by atoms with van der Waals surface area (Å²) in [6, 6.07) is 4.12. The Balaban J connectivity index is 2.36. The van der Waals surface area contributed by atoms with Gasteiger partial charge in [-0.1, -0.05) is 26.8 Å². The first-order valence-electron chi connectivity index (χ1n) is 5.38. The van der Waals surface area contributed by atoms with E-state index in [0.29, 0.717) is 12.0 Å². The van der Waals surface area contributed by atoms with E-state index in [0.717, 1.165) is 13.0 Å². The summed E-state index contributed by atoms with van der Waals surface area (Å²) in [7, 11) is 0. The van der Waals surface area contributed by atoms with E-state index >= 15 is 0 Å². The Morgan fingerprint density at radius 1 is 1.47 bits per heavy atom. The molecule has 1 aromatic heterocycles. The van der Waals surface area contributed by atoms with Gasteiger partial charge >= 0.3 is 0 Å². The number of ether oxygens (including phenoxy) is 1. The molecule has 1 unspecified atom stereocenters. The molecule has 0 radical (unpaired) electrons. The maximum Gasteiger partial charge on any atom is 0.104 e. The molecule has 0 aliphatic heterocycles. The fraction of sp³-hybridized carbons (Fsp3) is 0.667. The maximum absolute atomic E-state index is 5.80. The molecule has 86 valence electrons. The molecular formula is C12H21NOS. The lowest BCUT2D eigenvalue weighted by atomic mass is 9.93. The second-order valence-electron chi connectivity index (χ2n) is 4.92. The van der Waals surface area contributed by atoms with Crippen molar-refractivity contribution < 1.29 is 4.74 Å². The van der Waals surface area contributed by atoms with E-state index in [4.69, 9.17) is 10.5 Å². The Kier molecular flexibility index (Phi) is 4.77. The van der Waals surface area contributed by atoms with Crippen molar-refractivity contribution >= 4 is 11.3 Å². The molecule has 2 N–H and O–H groups in total. The second-order valence-corrected chi connectivity index (χ2v) is 5.90. The van der Waals surface area contributed by atoms with Crippen LogP contribution in [0.3, 0.4) is 0 Å². The van der Waals surface area contributed by atoms with E-state index in [2.05, 4.69) is 32.2 Å². The number of thiophene rings is 1. The fourth-order valence-corrected chi connectivity index (χ4v) is 2.04. The molecule has 1 heterocycles. The zero-order chi connectivity index (χ0) is 11.3. The number of nitrogens with two attached hydrogens (primary N) is 1. The van der Waals surface area contributed by atoms with Crippen LogP contribution in [0, 0.1) is 5.41 Å². The van der Waals surface area contributed by atoms with Crippen molar-refractivity contribution in [3.8, 4) is 0 Å². The molecule has 1 aromatic rings. The van der Waals surface area contributed by atoms with E-state index in [1.165, 1.54) is 4.88 Å². The minimum Gasteiger partial charge on any atom is -0.371 e. The standard InChI is InChI=1S/C12H21NOS/c1-12(2,3)6-7-14-10(9-13)11-5-4-8-15-11/h4-5,8,10H,6-7,9,13H2,1-3H3. The van der Waals surface area contributed by atoms with Crippen molar-refractivity contribution in [3.05, 3.63) is 22.4 Å². The van der Waals surface area contributed by atoms with Gasteiger partial charge in [-0.25, -0.2) is 0 Å². The average molecular weight is 227 g/mol. The Bertz CT molecular complexity index is 264. The minimum absolute atomic E-state index is 0.0762. The molecule has 0 aromatic carbocycles. The molecule has 0 bridgehead atoms. The largest absolute Gasteiger partial charge is 0.371 e. The van der Waals surface area contributed by atoms with Gasteiger partial charge in [-0.2, -0.15) is 0 Å². The molecule has 15 heavy (non-hydrogen) atoms. The second kappa shape index (κ2) is 5.64. The summed E-state index contributed by atoms with van der Waals surface area (Å²) in [5.41, 5.74) is 6.02. The highest BCUT2D eigenvalue weighted by molar-refractivity contribution is 7.10. The van der Waals surface area contributed by atoms with Gasteiger partial charge < -0.3 is 10.5 Å². The fourth-order valence-electron chi connectivity index (χ4n) is 1.25. The molecule has 0 aliphatic rings. The van der Waals surface area contributed by atoms with Gasteiger partial charge in [0.05, 0.1) is 0 Å². The SMILES string of the molecule is CC(C)(C)CCOC(CN)c1cccs1. The third-order valence-electron chi connectivity index (χ3n) is 2.25. The van der Waals surface area contributed by atoms with Crippen LogP contribution in [0.5, 0.6) is 0 Å². The van der Waals surface area contributed by atoms with Gasteiger partial charge in [0, 0.05) is 18.0 Å². The summed E-state index contributed by atoms with van der Waals surface area (Å²) in [5.74, 6) is 0. The van der Waals surface area contributed by atoms with Crippen molar-refractivity contribution in [1.82, 2.24) is 0 Å². The molecule has 0 fully saturated rings. The predicted octanol–water partition coefficient (Wildman–Crippen LogP) is 3.20. The van der Waals surface area contributed by atoms with E-state index in [1.54, 1.807) is 11.3 Å². The summed E-state index contributed by atoms with van der Waals surface area (Å²) in [5, 5.41) is 2.06. The Morgan fingerprint density at radius 3 is 2.67 bits per heavy atom. The van der Waals surface area contributed by atoms with Crippen LogP contribution < -0.4 is 5.73 Å². The van der Waals surface area contributed by atoms with Gasteiger partial charge in [0.15, 0.2) is 0 Å². The highest BCUT2D eigenvalue weighted by atomic mass is 32.1. The Hall–Kier alpha value is -0.380. The number of hydrogen-bond acceptors (Lipinski definition) is 3. The molecule has 0 saturated carbocycles. The van der Waals surface area contributed by atoms with Gasteiger partial charge in [-0.3, -0.25) is 0 Å². The first-order valence-corrected chi connectivity index (χ1v) is 6.26. The Morgan fingerprint density at radius 2 is 2.20 bits per heavy atom. The summed E-state index contributed by atoms with van der Waals surface area (Å²) in [6.45, 7) is 8.00. The lowest BCUT2D eigenvalue weighted by molar-refractivity contribution is 0.0444. The van der Waals surface area contributed by atoms with Crippen LogP contribution in [-0.4, -0.2) is 13.2 Å². The van der Waals surface area contributed by atoms with Crippen LogP contribution in [0.4, 0.5) is 0 Å². The van der Waals surface area contributed by atoms with E-state index in [9.17, 15) is 0 Å². The molecular weight excluding hydrogens is 206 g/mol. The van der Waals surface area contributed by atoms with Gasteiger partial charge in [0.1, 0.15) is 6.10 Å². The topological polar surface area (TPSA) is 35.2 Å². The van der Waals surface area contributed by atoms with Gasteiger partial charge in [0.25, 0.3) is 0 Å². The van der Waals surface area contributed by atoms with Crippen LogP contribution in [0.1, 0.15) is 38.2 Å². The molecule has 1 rings (SSSR count). The smallest absolute Gasteiger partial charge is 0.104 e. The summed E-state index contributed by atoms with van der Waals surface area (Å²) >= 11 is 1.71. The van der Waals surface area contributed by atoms with Crippen molar-refractivity contribution in [1.29, 1.82) is 0 Å². The zero-order valence-electron chi connectivity index (χ0n) is 9.82. The summed E-state index contributed by atoms with van der Waals surface area (Å²) < 4.78 is 5.80. The number of rotatable bonds is 5. The quantitative estimate of drug-likeness (QED) is 0.838. The lowest BCUT2D eigenvalue weighted by Gasteiger charge is -2.20. The Labute approximate surface area is 96.4 Å². The highest BCUT2D eigenvalue weighted by Crippen LogP contribution is 2.24. The van der Waals surface area contributed by atoms with E-state index in [-0.39, 0.29) is 6.10 Å². The first kappa shape index (κ1) is 12.7. The summed E-state index contributed by atoms with van der Waals surface area (Å²) in [4.78, 5) is 1.23. The van der Waals surface area contributed by atoms with Crippen molar-refractivity contribution in [2.75, 3.05) is 13.2 Å². The predicted molar refractivity (Wildman–Crippen MR) is 66.1 cm³/mol. The normalized spacial score (nSPS) is 14.1. The third-order valence-corrected chi connectivity index (χ3v) is 3.21. The molecule has 0 amide bonds. The van der Waals surface area contributed by atoms with E-state index in [1.807, 2.05) is 6.07 Å². The van der Waals surface area contributed by atoms with Crippen LogP contribution >= 0.6 is 11.3 Å². The van der Waals surface area contributed by atoms with E-state index < -0.39 is 0 Å². The van der Waals surface area contributed by atoms with Crippen LogP contribution in [-0.2, 0) is 4.74 Å². The highest BCUT2D eigenvalue weighted by Gasteiger charge is 2.14. The number of hydrogen-bond donors (Lipinski definition) is 1. The van der Waals surface area contributed by atoms with Crippen molar-refractivity contribution in [3.63, 3.8) is 0 Å². The first-order chi connectivity index (χ1) is 7.03. The van der Waals surface area contributed by atoms with Gasteiger partial charge in [0.2, 0.25) is 0 Å². The summed E-state index contributed by atoms with van der Waals surface area (Å²) in [6.07, 6.45) is 1.14. The lowest BCUT2D eigenvalue weighted by Crippen LogP contribution is -2.17. The van der Waals surface area contributed by atoms with Crippen LogP contribution in [0.2, 0.25) is 0 Å². The molecule has 0 saturated heterocycles. The minimum atomic E-state index is 0.0762. The monoisotopic (exact) mass is 227 g/mol. The molecule has 0 aliphatic carbocycles. The molecule has 3 heteroatoms. The average Bonchev–Trinajstić information content (AvgIpc) is 2.63. The van der Waals surface area contributed by atoms with Crippen molar-refractivity contribution in [2.24, 2.45) is 11.1 Å². The molecule has 2 nitrogen and oxygen atoms in total. The van der Waals surface area contributed by atoms with Gasteiger partial charge in [-0.15, -0.1) is 11.3 Å². The van der Waals surface area contributed by atoms with Gasteiger partial charge in [-0.05, 0) is 23.3 Å². The third kappa shape index (κ3) is 4.78. The maximum atomic E-state index is 5.80. The van der Waals surface area contributed by atoms with Crippen molar-refractivity contribution in [2.45, 2.75) is 33.3 Å². The van der Waals surface area contributed by atoms with Crippen LogP contribution in [0.25, 0.3) is 0 Å². The zero-order valence-corrected chi connectivity index (χ0v) is 10.6.